The maximum absolute atomic E-state index is 6.05. The van der Waals surface area contributed by atoms with Gasteiger partial charge in [0.15, 0.2) is 0 Å². The molecule has 0 aromatic heterocycles. The molecule has 0 aliphatic carbocycles. The zero-order valence-corrected chi connectivity index (χ0v) is 11.5. The summed E-state index contributed by atoms with van der Waals surface area (Å²) < 4.78 is 5.96. The van der Waals surface area contributed by atoms with Crippen LogP contribution in [0.1, 0.15) is 5.56 Å². The van der Waals surface area contributed by atoms with E-state index in [0.717, 1.165) is 34.8 Å². The molecule has 0 fully saturated rings. The molecule has 0 spiro atoms. The second-order valence-electron chi connectivity index (χ2n) is 3.27. The van der Waals surface area contributed by atoms with Crippen LogP contribution >= 0.6 is 27.5 Å². The Hall–Kier alpha value is -0.350. The minimum absolute atomic E-state index is 0.728. The number of ether oxygens (including phenoxy) is 1. The lowest BCUT2D eigenvalue weighted by molar-refractivity contribution is 0.200. The van der Waals surface area contributed by atoms with Gasteiger partial charge in [-0.3, -0.25) is 0 Å². The molecule has 0 aliphatic heterocycles. The van der Waals surface area contributed by atoms with Crippen LogP contribution in [0.4, 0.5) is 0 Å². The van der Waals surface area contributed by atoms with E-state index in [2.05, 4.69) is 21.2 Å². The van der Waals surface area contributed by atoms with E-state index in [1.54, 1.807) is 7.11 Å². The van der Waals surface area contributed by atoms with Gasteiger partial charge in [0.2, 0.25) is 0 Å². The normalized spacial score (nSPS) is 11.2. The molecule has 1 rings (SSSR count). The predicted molar refractivity (Wildman–Crippen MR) is 72.9 cm³/mol. The molecule has 2 nitrogen and oxygen atoms in total. The number of methoxy groups -OCH3 is 1. The van der Waals surface area contributed by atoms with Crippen molar-refractivity contribution in [2.45, 2.75) is 0 Å². The molecule has 88 valence electrons. The zero-order valence-electron chi connectivity index (χ0n) is 9.17. The minimum Gasteiger partial charge on any atom is -0.383 e. The zero-order chi connectivity index (χ0) is 11.8. The third kappa shape index (κ3) is 5.12. The van der Waals surface area contributed by atoms with Gasteiger partial charge < -0.3 is 10.1 Å². The molecule has 0 unspecified atom stereocenters. The van der Waals surface area contributed by atoms with Gasteiger partial charge in [-0.1, -0.05) is 39.7 Å². The lowest BCUT2D eigenvalue weighted by atomic mass is 10.2. The predicted octanol–water partition coefficient (Wildman–Crippen LogP) is 3.35. The van der Waals surface area contributed by atoms with Crippen LogP contribution in [0.5, 0.6) is 0 Å². The molecule has 0 aliphatic rings. The van der Waals surface area contributed by atoms with Crippen LogP contribution in [0.25, 0.3) is 6.08 Å². The van der Waals surface area contributed by atoms with Crippen molar-refractivity contribution in [1.82, 2.24) is 5.32 Å². The fourth-order valence-corrected chi connectivity index (χ4v) is 1.75. The topological polar surface area (TPSA) is 21.3 Å². The van der Waals surface area contributed by atoms with Crippen LogP contribution in [0.3, 0.4) is 0 Å². The summed E-state index contributed by atoms with van der Waals surface area (Å²) in [6.45, 7) is 2.39. The van der Waals surface area contributed by atoms with E-state index >= 15 is 0 Å². The van der Waals surface area contributed by atoms with Crippen LogP contribution in [-0.2, 0) is 4.74 Å². The van der Waals surface area contributed by atoms with E-state index in [1.165, 1.54) is 0 Å². The van der Waals surface area contributed by atoms with Gasteiger partial charge >= 0.3 is 0 Å². The van der Waals surface area contributed by atoms with Crippen molar-refractivity contribution in [3.8, 4) is 0 Å². The Balaban J connectivity index is 2.40. The smallest absolute Gasteiger partial charge is 0.0587 e. The summed E-state index contributed by atoms with van der Waals surface area (Å²) in [5.74, 6) is 0. The fourth-order valence-electron chi connectivity index (χ4n) is 1.19. The summed E-state index contributed by atoms with van der Waals surface area (Å²) in [5.41, 5.74) is 1.02. The van der Waals surface area contributed by atoms with Gasteiger partial charge in [0.1, 0.15) is 0 Å². The maximum atomic E-state index is 6.05. The monoisotopic (exact) mass is 303 g/mol. The van der Waals surface area contributed by atoms with Crippen LogP contribution in [0.2, 0.25) is 5.02 Å². The van der Waals surface area contributed by atoms with Gasteiger partial charge in [-0.05, 0) is 23.8 Å². The van der Waals surface area contributed by atoms with Gasteiger partial charge in [0.05, 0.1) is 6.61 Å². The molecular formula is C12H15BrClNO. The summed E-state index contributed by atoms with van der Waals surface area (Å²) in [4.78, 5) is 0. The summed E-state index contributed by atoms with van der Waals surface area (Å²) in [7, 11) is 1.69. The van der Waals surface area contributed by atoms with Gasteiger partial charge in [-0.15, -0.1) is 0 Å². The quantitative estimate of drug-likeness (QED) is 0.814. The van der Waals surface area contributed by atoms with E-state index < -0.39 is 0 Å². The molecule has 0 heterocycles. The van der Waals surface area contributed by atoms with Gasteiger partial charge in [0, 0.05) is 29.7 Å². The van der Waals surface area contributed by atoms with E-state index in [1.807, 2.05) is 30.4 Å². The number of benzene rings is 1. The van der Waals surface area contributed by atoms with Crippen LogP contribution in [0, 0.1) is 0 Å². The number of halogens is 2. The SMILES string of the molecule is COCCNC/C=C/c1cc(Br)ccc1Cl. The fraction of sp³-hybridized carbons (Fsp3) is 0.333. The Morgan fingerprint density at radius 2 is 2.31 bits per heavy atom. The van der Waals surface area contributed by atoms with Crippen LogP contribution in [-0.4, -0.2) is 26.8 Å². The summed E-state index contributed by atoms with van der Waals surface area (Å²) in [5, 5.41) is 3.98. The highest BCUT2D eigenvalue weighted by molar-refractivity contribution is 9.10. The highest BCUT2D eigenvalue weighted by atomic mass is 79.9. The van der Waals surface area contributed by atoms with Crippen molar-refractivity contribution in [1.29, 1.82) is 0 Å². The Kier molecular flexibility index (Phi) is 6.73. The van der Waals surface area contributed by atoms with E-state index in [4.69, 9.17) is 16.3 Å². The van der Waals surface area contributed by atoms with Gasteiger partial charge in [0.25, 0.3) is 0 Å². The number of hydrogen-bond donors (Lipinski definition) is 1. The molecular weight excluding hydrogens is 289 g/mol. The number of nitrogens with one attached hydrogen (secondary N) is 1. The first-order valence-electron chi connectivity index (χ1n) is 5.05. The summed E-state index contributed by atoms with van der Waals surface area (Å²) >= 11 is 9.46. The Bertz CT molecular complexity index is 355. The van der Waals surface area contributed by atoms with Crippen LogP contribution in [0.15, 0.2) is 28.7 Å². The molecule has 0 radical (unpaired) electrons. The van der Waals surface area contributed by atoms with Crippen molar-refractivity contribution >= 4 is 33.6 Å². The second-order valence-corrected chi connectivity index (χ2v) is 4.59. The highest BCUT2D eigenvalue weighted by Crippen LogP contribution is 2.21. The van der Waals surface area contributed by atoms with E-state index in [0.29, 0.717) is 0 Å². The molecule has 0 bridgehead atoms. The highest BCUT2D eigenvalue weighted by Gasteiger charge is 1.96. The molecule has 4 heteroatoms. The van der Waals surface area contributed by atoms with Crippen molar-refractivity contribution < 1.29 is 4.74 Å². The van der Waals surface area contributed by atoms with Crippen molar-refractivity contribution in [3.05, 3.63) is 39.3 Å². The summed E-state index contributed by atoms with van der Waals surface area (Å²) in [6, 6.07) is 5.80. The molecule has 0 amide bonds. The summed E-state index contributed by atoms with van der Waals surface area (Å²) in [6.07, 6.45) is 4.05. The maximum Gasteiger partial charge on any atom is 0.0587 e. The van der Waals surface area contributed by atoms with Gasteiger partial charge in [-0.2, -0.15) is 0 Å². The molecule has 16 heavy (non-hydrogen) atoms. The third-order valence-electron chi connectivity index (χ3n) is 2.00. The van der Waals surface area contributed by atoms with Crippen molar-refractivity contribution in [3.63, 3.8) is 0 Å². The molecule has 0 saturated carbocycles. The molecule has 0 saturated heterocycles. The Morgan fingerprint density at radius 1 is 1.50 bits per heavy atom. The third-order valence-corrected chi connectivity index (χ3v) is 2.84. The average molecular weight is 305 g/mol. The second kappa shape index (κ2) is 7.85. The van der Waals surface area contributed by atoms with Crippen LogP contribution < -0.4 is 5.32 Å². The Labute approximate surface area is 110 Å². The van der Waals surface area contributed by atoms with E-state index in [9.17, 15) is 0 Å². The van der Waals surface area contributed by atoms with Gasteiger partial charge in [-0.25, -0.2) is 0 Å². The standard InChI is InChI=1S/C12H15BrClNO/c1-16-8-7-15-6-2-3-10-9-11(13)4-5-12(10)14/h2-5,9,15H,6-8H2,1H3/b3-2+. The van der Waals surface area contributed by atoms with Crippen molar-refractivity contribution in [2.75, 3.05) is 26.8 Å². The lowest BCUT2D eigenvalue weighted by Crippen LogP contribution is -2.18. The lowest BCUT2D eigenvalue weighted by Gasteiger charge is -2.01. The average Bonchev–Trinajstić information content (AvgIpc) is 2.28. The van der Waals surface area contributed by atoms with E-state index in [-0.39, 0.29) is 0 Å². The number of rotatable bonds is 6. The molecule has 0 atom stereocenters. The first kappa shape index (κ1) is 13.7. The molecule has 1 aromatic carbocycles. The number of hydrogen-bond acceptors (Lipinski definition) is 2. The largest absolute Gasteiger partial charge is 0.383 e. The molecule has 1 N–H and O–H groups in total. The first-order valence-corrected chi connectivity index (χ1v) is 6.22. The van der Waals surface area contributed by atoms with Crippen molar-refractivity contribution in [2.24, 2.45) is 0 Å². The molecule has 1 aromatic rings. The Morgan fingerprint density at radius 3 is 3.06 bits per heavy atom. The first-order chi connectivity index (χ1) is 7.74. The minimum atomic E-state index is 0.728.